The van der Waals surface area contributed by atoms with E-state index in [1.807, 2.05) is 24.6 Å². The number of pyridine rings is 1. The average molecular weight is 177 g/mol. The number of aryl methyl sites for hydroxylation is 2. The van der Waals surface area contributed by atoms with Gasteiger partial charge in [-0.2, -0.15) is 0 Å². The van der Waals surface area contributed by atoms with Crippen molar-refractivity contribution in [1.29, 1.82) is 0 Å². The van der Waals surface area contributed by atoms with Crippen molar-refractivity contribution >= 4 is 11.0 Å². The zero-order chi connectivity index (χ0) is 9.42. The SMILES string of the molecule is COc1cc2nc(C)n(C)c2cn1. The normalized spacial score (nSPS) is 10.7. The quantitative estimate of drug-likeness (QED) is 0.658. The third-order valence-electron chi connectivity index (χ3n) is 2.17. The fraction of sp³-hybridized carbons (Fsp3) is 0.333. The van der Waals surface area contributed by atoms with E-state index >= 15 is 0 Å². The number of rotatable bonds is 1. The molecule has 0 unspecified atom stereocenters. The summed E-state index contributed by atoms with van der Waals surface area (Å²) >= 11 is 0. The lowest BCUT2D eigenvalue weighted by molar-refractivity contribution is 0.398. The molecule has 2 rings (SSSR count). The van der Waals surface area contributed by atoms with Crippen LogP contribution in [0.15, 0.2) is 12.3 Å². The zero-order valence-corrected chi connectivity index (χ0v) is 7.90. The molecule has 0 atom stereocenters. The Morgan fingerprint density at radius 1 is 1.46 bits per heavy atom. The highest BCUT2D eigenvalue weighted by atomic mass is 16.5. The smallest absolute Gasteiger partial charge is 0.215 e. The Bertz CT molecular complexity index is 447. The molecule has 0 spiro atoms. The fourth-order valence-corrected chi connectivity index (χ4v) is 1.30. The van der Waals surface area contributed by atoms with Gasteiger partial charge in [-0.1, -0.05) is 0 Å². The van der Waals surface area contributed by atoms with Crippen LogP contribution in [-0.2, 0) is 7.05 Å². The van der Waals surface area contributed by atoms with E-state index in [1.54, 1.807) is 13.3 Å². The minimum atomic E-state index is 0.602. The first kappa shape index (κ1) is 8.04. The van der Waals surface area contributed by atoms with E-state index in [2.05, 4.69) is 9.97 Å². The molecule has 0 aromatic carbocycles. The number of aromatic nitrogens is 3. The predicted octanol–water partition coefficient (Wildman–Crippen LogP) is 1.29. The van der Waals surface area contributed by atoms with Crippen LogP contribution in [0.3, 0.4) is 0 Å². The maximum absolute atomic E-state index is 5.01. The van der Waals surface area contributed by atoms with Gasteiger partial charge in [-0.25, -0.2) is 9.97 Å². The van der Waals surface area contributed by atoms with Gasteiger partial charge < -0.3 is 9.30 Å². The molecule has 0 bridgehead atoms. The lowest BCUT2D eigenvalue weighted by atomic mass is 10.4. The molecular weight excluding hydrogens is 166 g/mol. The molecule has 0 N–H and O–H groups in total. The van der Waals surface area contributed by atoms with Crippen molar-refractivity contribution in [2.24, 2.45) is 7.05 Å². The second kappa shape index (κ2) is 2.73. The Morgan fingerprint density at radius 2 is 2.23 bits per heavy atom. The van der Waals surface area contributed by atoms with Crippen LogP contribution >= 0.6 is 0 Å². The summed E-state index contributed by atoms with van der Waals surface area (Å²) in [5, 5.41) is 0. The van der Waals surface area contributed by atoms with Crippen LogP contribution < -0.4 is 4.74 Å². The Hall–Kier alpha value is -1.58. The van der Waals surface area contributed by atoms with E-state index in [9.17, 15) is 0 Å². The molecule has 0 saturated carbocycles. The molecule has 4 heteroatoms. The zero-order valence-electron chi connectivity index (χ0n) is 7.90. The summed E-state index contributed by atoms with van der Waals surface area (Å²) in [4.78, 5) is 8.48. The van der Waals surface area contributed by atoms with Crippen LogP contribution in [0.25, 0.3) is 11.0 Å². The van der Waals surface area contributed by atoms with E-state index in [1.165, 1.54) is 0 Å². The molecule has 2 aromatic rings. The highest BCUT2D eigenvalue weighted by Crippen LogP contribution is 2.17. The lowest BCUT2D eigenvalue weighted by Gasteiger charge is -1.98. The molecule has 2 aromatic heterocycles. The van der Waals surface area contributed by atoms with Crippen molar-refractivity contribution in [2.75, 3.05) is 7.11 Å². The minimum absolute atomic E-state index is 0.602. The highest BCUT2D eigenvalue weighted by molar-refractivity contribution is 5.75. The van der Waals surface area contributed by atoms with Gasteiger partial charge in [0, 0.05) is 13.1 Å². The standard InChI is InChI=1S/C9H11N3O/c1-6-11-7-4-9(13-3)10-5-8(7)12(6)2/h4-5H,1-3H3. The summed E-state index contributed by atoms with van der Waals surface area (Å²) < 4.78 is 7.01. The van der Waals surface area contributed by atoms with Crippen molar-refractivity contribution in [3.8, 4) is 5.88 Å². The highest BCUT2D eigenvalue weighted by Gasteiger charge is 2.05. The number of hydrogen-bond donors (Lipinski definition) is 0. The molecule has 0 aliphatic carbocycles. The Morgan fingerprint density at radius 3 is 2.92 bits per heavy atom. The maximum Gasteiger partial charge on any atom is 0.215 e. The summed E-state index contributed by atoms with van der Waals surface area (Å²) in [7, 11) is 3.57. The molecular formula is C9H11N3O. The Balaban J connectivity index is 2.73. The van der Waals surface area contributed by atoms with Crippen LogP contribution in [0.1, 0.15) is 5.82 Å². The molecule has 0 aliphatic rings. The predicted molar refractivity (Wildman–Crippen MR) is 49.8 cm³/mol. The molecule has 2 heterocycles. The van der Waals surface area contributed by atoms with E-state index in [-0.39, 0.29) is 0 Å². The molecule has 0 saturated heterocycles. The van der Waals surface area contributed by atoms with Gasteiger partial charge in [-0.05, 0) is 6.92 Å². The van der Waals surface area contributed by atoms with Gasteiger partial charge in [0.05, 0.1) is 24.3 Å². The number of methoxy groups -OCH3 is 1. The van der Waals surface area contributed by atoms with E-state index < -0.39 is 0 Å². The number of nitrogens with zero attached hydrogens (tertiary/aromatic N) is 3. The minimum Gasteiger partial charge on any atom is -0.481 e. The molecule has 0 fully saturated rings. The van der Waals surface area contributed by atoms with Gasteiger partial charge in [-0.15, -0.1) is 0 Å². The topological polar surface area (TPSA) is 39.9 Å². The van der Waals surface area contributed by atoms with E-state index in [0.717, 1.165) is 16.9 Å². The van der Waals surface area contributed by atoms with Crippen LogP contribution in [0, 0.1) is 6.92 Å². The lowest BCUT2D eigenvalue weighted by Crippen LogP contribution is -1.91. The third-order valence-corrected chi connectivity index (χ3v) is 2.17. The Kier molecular flexibility index (Phi) is 1.69. The fourth-order valence-electron chi connectivity index (χ4n) is 1.30. The molecule has 68 valence electrons. The van der Waals surface area contributed by atoms with Crippen LogP contribution in [0.5, 0.6) is 5.88 Å². The maximum atomic E-state index is 5.01. The van der Waals surface area contributed by atoms with Gasteiger partial charge in [0.1, 0.15) is 5.82 Å². The summed E-state index contributed by atoms with van der Waals surface area (Å²) in [5.41, 5.74) is 1.95. The monoisotopic (exact) mass is 177 g/mol. The van der Waals surface area contributed by atoms with Crippen molar-refractivity contribution < 1.29 is 4.74 Å². The average Bonchev–Trinajstić information content (AvgIpc) is 2.42. The van der Waals surface area contributed by atoms with Gasteiger partial charge >= 0.3 is 0 Å². The second-order valence-electron chi connectivity index (χ2n) is 2.93. The summed E-state index contributed by atoms with van der Waals surface area (Å²) in [5.74, 6) is 1.58. The van der Waals surface area contributed by atoms with Crippen molar-refractivity contribution in [3.05, 3.63) is 18.1 Å². The van der Waals surface area contributed by atoms with Gasteiger partial charge in [0.25, 0.3) is 0 Å². The number of ether oxygens (including phenoxy) is 1. The van der Waals surface area contributed by atoms with E-state index in [0.29, 0.717) is 5.88 Å². The molecule has 13 heavy (non-hydrogen) atoms. The first-order valence-corrected chi connectivity index (χ1v) is 4.05. The van der Waals surface area contributed by atoms with Crippen molar-refractivity contribution in [1.82, 2.24) is 14.5 Å². The molecule has 4 nitrogen and oxygen atoms in total. The summed E-state index contributed by atoms with van der Waals surface area (Å²) in [6.07, 6.45) is 1.77. The van der Waals surface area contributed by atoms with Crippen LogP contribution in [0.2, 0.25) is 0 Å². The third kappa shape index (κ3) is 1.14. The summed E-state index contributed by atoms with van der Waals surface area (Å²) in [6.45, 7) is 1.96. The largest absolute Gasteiger partial charge is 0.481 e. The van der Waals surface area contributed by atoms with Crippen molar-refractivity contribution in [2.45, 2.75) is 6.92 Å². The molecule has 0 aliphatic heterocycles. The van der Waals surface area contributed by atoms with Gasteiger partial charge in [0.2, 0.25) is 5.88 Å². The Labute approximate surface area is 76.2 Å². The van der Waals surface area contributed by atoms with Crippen LogP contribution in [-0.4, -0.2) is 21.6 Å². The summed E-state index contributed by atoms with van der Waals surface area (Å²) in [6, 6.07) is 1.84. The molecule has 0 amide bonds. The van der Waals surface area contributed by atoms with E-state index in [4.69, 9.17) is 4.74 Å². The second-order valence-corrected chi connectivity index (χ2v) is 2.93. The first-order chi connectivity index (χ1) is 6.22. The first-order valence-electron chi connectivity index (χ1n) is 4.05. The number of imidazole rings is 1. The number of hydrogen-bond acceptors (Lipinski definition) is 3. The van der Waals surface area contributed by atoms with Crippen molar-refractivity contribution in [3.63, 3.8) is 0 Å². The van der Waals surface area contributed by atoms with Gasteiger partial charge in [-0.3, -0.25) is 0 Å². The molecule has 0 radical (unpaired) electrons. The number of fused-ring (bicyclic) bond motifs is 1. The van der Waals surface area contributed by atoms with Gasteiger partial charge in [0.15, 0.2) is 0 Å². The van der Waals surface area contributed by atoms with Crippen LogP contribution in [0.4, 0.5) is 0 Å².